The summed E-state index contributed by atoms with van der Waals surface area (Å²) in [6.45, 7) is 0.295. The Morgan fingerprint density at radius 3 is 2.35 bits per heavy atom. The van der Waals surface area contributed by atoms with Crippen molar-refractivity contribution in [3.8, 4) is 0 Å². The maximum atomic E-state index is 10.8. The van der Waals surface area contributed by atoms with E-state index in [9.17, 15) is 9.59 Å². The first-order chi connectivity index (χ1) is 8.01. The fourth-order valence-corrected chi connectivity index (χ4v) is 2.04. The molecule has 8 nitrogen and oxygen atoms in total. The zero-order valence-electron chi connectivity index (χ0n) is 9.05. The van der Waals surface area contributed by atoms with E-state index in [1.54, 1.807) is 11.1 Å². The third-order valence-corrected chi connectivity index (χ3v) is 2.73. The number of carbonyl (C=O) groups is 2. The second kappa shape index (κ2) is 6.13. The van der Waals surface area contributed by atoms with Gasteiger partial charge in [0, 0.05) is 17.6 Å². The van der Waals surface area contributed by atoms with Gasteiger partial charge in [-0.1, -0.05) is 11.3 Å². The minimum Gasteiger partial charge on any atom is -0.369 e. The fraction of sp³-hybridized carbons (Fsp3) is 0.375. The summed E-state index contributed by atoms with van der Waals surface area (Å²) in [4.78, 5) is 28.0. The van der Waals surface area contributed by atoms with E-state index in [0.717, 1.165) is 4.88 Å². The van der Waals surface area contributed by atoms with Crippen LogP contribution in [0.25, 0.3) is 0 Å². The van der Waals surface area contributed by atoms with Crippen LogP contribution in [-0.2, 0) is 16.1 Å². The Kier molecular flexibility index (Phi) is 4.82. The third-order valence-electron chi connectivity index (χ3n) is 1.82. The molecule has 1 heterocycles. The molecule has 0 spiro atoms. The van der Waals surface area contributed by atoms with E-state index in [4.69, 9.17) is 17.3 Å². The highest BCUT2D eigenvalue weighted by Crippen LogP contribution is 2.18. The molecule has 0 atom stereocenters. The second-order valence-corrected chi connectivity index (χ2v) is 4.47. The topological polar surface area (TPSA) is 140 Å². The van der Waals surface area contributed by atoms with Crippen LogP contribution in [-0.4, -0.2) is 34.8 Å². The van der Waals surface area contributed by atoms with Crippen LogP contribution in [0.1, 0.15) is 4.88 Å². The average Bonchev–Trinajstić information content (AvgIpc) is 2.63. The SMILES string of the molecule is NNc1ncc(CN(CC(N)=O)CC(N)=O)s1. The first-order valence-electron chi connectivity index (χ1n) is 4.71. The quantitative estimate of drug-likeness (QED) is 0.336. The monoisotopic (exact) mass is 258 g/mol. The number of thiazole rings is 1. The molecule has 9 heteroatoms. The number of amides is 2. The molecule has 2 amide bonds. The van der Waals surface area contributed by atoms with Crippen LogP contribution in [0.15, 0.2) is 6.20 Å². The predicted octanol–water partition coefficient (Wildman–Crippen LogP) is -1.80. The van der Waals surface area contributed by atoms with Crippen molar-refractivity contribution in [1.29, 1.82) is 0 Å². The first-order valence-corrected chi connectivity index (χ1v) is 5.53. The third kappa shape index (κ3) is 4.76. The van der Waals surface area contributed by atoms with Crippen molar-refractivity contribution in [2.24, 2.45) is 17.3 Å². The van der Waals surface area contributed by atoms with Crippen molar-refractivity contribution in [2.75, 3.05) is 18.5 Å². The molecule has 0 aliphatic carbocycles. The van der Waals surface area contributed by atoms with E-state index in [0.29, 0.717) is 11.7 Å². The lowest BCUT2D eigenvalue weighted by molar-refractivity contribution is -0.122. The molecule has 0 fully saturated rings. The molecule has 1 rings (SSSR count). The molecule has 0 aliphatic heterocycles. The van der Waals surface area contributed by atoms with E-state index in [-0.39, 0.29) is 13.1 Å². The number of hydrogen-bond acceptors (Lipinski definition) is 7. The van der Waals surface area contributed by atoms with Crippen LogP contribution in [0.2, 0.25) is 0 Å². The average molecular weight is 258 g/mol. The number of anilines is 1. The van der Waals surface area contributed by atoms with Gasteiger partial charge in [0.1, 0.15) is 0 Å². The number of hydrogen-bond donors (Lipinski definition) is 4. The highest BCUT2D eigenvalue weighted by atomic mass is 32.1. The molecule has 1 aromatic heterocycles. The number of nitrogens with one attached hydrogen (secondary N) is 1. The first kappa shape index (κ1) is 13.4. The highest BCUT2D eigenvalue weighted by Gasteiger charge is 2.13. The maximum absolute atomic E-state index is 10.8. The number of hydrazine groups is 1. The number of nitrogen functional groups attached to an aromatic ring is 1. The van der Waals surface area contributed by atoms with E-state index >= 15 is 0 Å². The van der Waals surface area contributed by atoms with Crippen LogP contribution < -0.4 is 22.7 Å². The van der Waals surface area contributed by atoms with Gasteiger partial charge >= 0.3 is 0 Å². The summed E-state index contributed by atoms with van der Waals surface area (Å²) in [5, 5.41) is 0.554. The van der Waals surface area contributed by atoms with Crippen LogP contribution in [0.4, 0.5) is 5.13 Å². The highest BCUT2D eigenvalue weighted by molar-refractivity contribution is 7.15. The molecule has 0 radical (unpaired) electrons. The second-order valence-electron chi connectivity index (χ2n) is 3.35. The number of nitrogens with two attached hydrogens (primary N) is 3. The summed E-state index contributed by atoms with van der Waals surface area (Å²) in [6.07, 6.45) is 1.61. The normalized spacial score (nSPS) is 10.5. The zero-order chi connectivity index (χ0) is 12.8. The molecule has 0 aromatic carbocycles. The van der Waals surface area contributed by atoms with Crippen LogP contribution >= 0.6 is 11.3 Å². The molecule has 0 saturated heterocycles. The van der Waals surface area contributed by atoms with Gasteiger partial charge in [0.25, 0.3) is 0 Å². The summed E-state index contributed by atoms with van der Waals surface area (Å²) in [6, 6.07) is 0. The van der Waals surface area contributed by atoms with Crippen molar-refractivity contribution in [1.82, 2.24) is 9.88 Å². The van der Waals surface area contributed by atoms with Gasteiger partial charge in [0.2, 0.25) is 11.8 Å². The van der Waals surface area contributed by atoms with E-state index in [2.05, 4.69) is 10.4 Å². The lowest BCUT2D eigenvalue weighted by Crippen LogP contribution is -2.38. The molecule has 0 unspecified atom stereocenters. The molecular weight excluding hydrogens is 244 g/mol. The van der Waals surface area contributed by atoms with Gasteiger partial charge in [-0.15, -0.1) is 0 Å². The standard InChI is InChI=1S/C8H14N6O2S/c9-6(15)3-14(4-7(10)16)2-5-1-12-8(13-11)17-5/h1H,2-4,11H2,(H2,9,15)(H2,10,16)(H,12,13). The van der Waals surface area contributed by atoms with E-state index in [1.165, 1.54) is 11.3 Å². The number of primary amides is 2. The molecule has 17 heavy (non-hydrogen) atoms. The molecule has 1 aromatic rings. The smallest absolute Gasteiger partial charge is 0.231 e. The Hall–Kier alpha value is -1.71. The molecule has 0 bridgehead atoms. The zero-order valence-corrected chi connectivity index (χ0v) is 9.87. The summed E-state index contributed by atoms with van der Waals surface area (Å²) in [5.74, 6) is 4.15. The lowest BCUT2D eigenvalue weighted by atomic mass is 10.4. The fourth-order valence-electron chi connectivity index (χ4n) is 1.28. The van der Waals surface area contributed by atoms with Crippen molar-refractivity contribution in [3.63, 3.8) is 0 Å². The molecule has 7 N–H and O–H groups in total. The van der Waals surface area contributed by atoms with Gasteiger partial charge in [0.05, 0.1) is 13.1 Å². The van der Waals surface area contributed by atoms with Crippen LogP contribution in [0.5, 0.6) is 0 Å². The summed E-state index contributed by atoms with van der Waals surface area (Å²) in [7, 11) is 0. The van der Waals surface area contributed by atoms with Gasteiger partial charge < -0.3 is 11.5 Å². The molecule has 0 saturated carbocycles. The van der Waals surface area contributed by atoms with Crippen LogP contribution in [0, 0.1) is 0 Å². The Labute approximate surface area is 102 Å². The van der Waals surface area contributed by atoms with Gasteiger partial charge in [0.15, 0.2) is 5.13 Å². The molecular formula is C8H14N6O2S. The van der Waals surface area contributed by atoms with Crippen LogP contribution in [0.3, 0.4) is 0 Å². The number of aromatic nitrogens is 1. The lowest BCUT2D eigenvalue weighted by Gasteiger charge is -2.17. The molecule has 0 aliphatic rings. The van der Waals surface area contributed by atoms with Crippen molar-refractivity contribution in [2.45, 2.75) is 6.54 Å². The van der Waals surface area contributed by atoms with Gasteiger partial charge in [-0.2, -0.15) is 0 Å². The Morgan fingerprint density at radius 1 is 1.35 bits per heavy atom. The summed E-state index contributed by atoms with van der Waals surface area (Å²) >= 11 is 1.32. The largest absolute Gasteiger partial charge is 0.369 e. The Balaban J connectivity index is 2.64. The van der Waals surface area contributed by atoms with E-state index < -0.39 is 11.8 Å². The number of carbonyl (C=O) groups excluding carboxylic acids is 2. The maximum Gasteiger partial charge on any atom is 0.231 e. The van der Waals surface area contributed by atoms with Gasteiger partial charge in [-0.25, -0.2) is 10.8 Å². The number of rotatable bonds is 7. The van der Waals surface area contributed by atoms with Crippen molar-refractivity contribution < 1.29 is 9.59 Å². The minimum atomic E-state index is -0.520. The van der Waals surface area contributed by atoms with E-state index in [1.807, 2.05) is 0 Å². The van der Waals surface area contributed by atoms with Gasteiger partial charge in [-0.05, 0) is 0 Å². The Bertz CT molecular complexity index is 390. The number of nitrogens with zero attached hydrogens (tertiary/aromatic N) is 2. The van der Waals surface area contributed by atoms with Gasteiger partial charge in [-0.3, -0.25) is 19.9 Å². The predicted molar refractivity (Wildman–Crippen MR) is 63.6 cm³/mol. The molecule has 94 valence electrons. The Morgan fingerprint density at radius 2 is 1.94 bits per heavy atom. The summed E-state index contributed by atoms with van der Waals surface area (Å²) < 4.78 is 0. The van der Waals surface area contributed by atoms with Crippen molar-refractivity contribution in [3.05, 3.63) is 11.1 Å². The summed E-state index contributed by atoms with van der Waals surface area (Å²) in [5.41, 5.74) is 12.6. The minimum absolute atomic E-state index is 0.0355. The van der Waals surface area contributed by atoms with Crippen molar-refractivity contribution >= 4 is 28.3 Å².